The number of likely N-dealkylation sites (N-methyl/N-ethyl adjacent to an activating group) is 1. The molecule has 166 valence electrons. The summed E-state index contributed by atoms with van der Waals surface area (Å²) < 4.78 is 16.4. The predicted octanol–water partition coefficient (Wildman–Crippen LogP) is 2.31. The largest absolute Gasteiger partial charge is 0.497 e. The van der Waals surface area contributed by atoms with Gasteiger partial charge in [0.05, 0.1) is 46.2 Å². The number of methoxy groups -OCH3 is 3. The number of para-hydroxylation sites is 1. The van der Waals surface area contributed by atoms with Crippen molar-refractivity contribution in [3.63, 3.8) is 0 Å². The van der Waals surface area contributed by atoms with Gasteiger partial charge in [0.1, 0.15) is 5.75 Å². The van der Waals surface area contributed by atoms with E-state index in [4.69, 9.17) is 19.3 Å². The highest BCUT2D eigenvalue weighted by molar-refractivity contribution is 6.03. The highest BCUT2D eigenvalue weighted by Crippen LogP contribution is 2.41. The second kappa shape index (κ2) is 10.3. The van der Waals surface area contributed by atoms with Crippen molar-refractivity contribution in [2.45, 2.75) is 26.3 Å². The van der Waals surface area contributed by atoms with Gasteiger partial charge in [-0.3, -0.25) is 4.79 Å². The van der Waals surface area contributed by atoms with E-state index in [0.717, 1.165) is 35.7 Å². The third-order valence-electron chi connectivity index (χ3n) is 5.78. The number of hydrogen-bond acceptors (Lipinski definition) is 5. The van der Waals surface area contributed by atoms with Crippen molar-refractivity contribution >= 4 is 11.6 Å². The fraction of sp³-hybridized carbons (Fsp3) is 0.417. The predicted molar refractivity (Wildman–Crippen MR) is 120 cm³/mol. The number of hydrogen-bond donors (Lipinski definition) is 1. The first kappa shape index (κ1) is 22.6. The Morgan fingerprint density at radius 2 is 1.74 bits per heavy atom. The summed E-state index contributed by atoms with van der Waals surface area (Å²) in [5, 5.41) is 6.40. The molecule has 0 fully saturated rings. The van der Waals surface area contributed by atoms with Crippen LogP contribution in [0.25, 0.3) is 0 Å². The fourth-order valence-electron chi connectivity index (χ4n) is 3.91. The van der Waals surface area contributed by atoms with Crippen LogP contribution in [0.3, 0.4) is 0 Å². The van der Waals surface area contributed by atoms with E-state index in [1.807, 2.05) is 42.5 Å². The lowest BCUT2D eigenvalue weighted by molar-refractivity contribution is -0.888. The number of nitrogens with zero attached hydrogens (tertiary/aromatic N) is 2. The van der Waals surface area contributed by atoms with Crippen LogP contribution in [0.1, 0.15) is 37.4 Å². The Morgan fingerprint density at radius 1 is 1.03 bits per heavy atom. The Bertz CT molecular complexity index is 923. The van der Waals surface area contributed by atoms with Crippen LogP contribution in [0.5, 0.6) is 17.2 Å². The average molecular weight is 427 g/mol. The second-order valence-electron chi connectivity index (χ2n) is 7.45. The second-order valence-corrected chi connectivity index (χ2v) is 7.45. The number of nitrogens with one attached hydrogen (secondary N) is 1. The van der Waals surface area contributed by atoms with Gasteiger partial charge in [-0.05, 0) is 49.7 Å². The molecule has 7 nitrogen and oxygen atoms in total. The topological polar surface area (TPSA) is 64.8 Å². The Morgan fingerprint density at radius 3 is 2.32 bits per heavy atom. The molecular formula is C24H32N3O4+. The summed E-state index contributed by atoms with van der Waals surface area (Å²) in [5.41, 5.74) is 2.72. The fourth-order valence-corrected chi connectivity index (χ4v) is 3.91. The van der Waals surface area contributed by atoms with Crippen molar-refractivity contribution in [1.29, 1.82) is 0 Å². The van der Waals surface area contributed by atoms with Crippen LogP contribution in [0.15, 0.2) is 47.6 Å². The summed E-state index contributed by atoms with van der Waals surface area (Å²) in [5.74, 6) is 2.05. The summed E-state index contributed by atoms with van der Waals surface area (Å²) in [6.07, 6.45) is 0.592. The van der Waals surface area contributed by atoms with Gasteiger partial charge in [-0.2, -0.15) is 5.10 Å². The molecule has 0 aliphatic carbocycles. The monoisotopic (exact) mass is 426 g/mol. The minimum atomic E-state index is -0.260. The van der Waals surface area contributed by atoms with E-state index < -0.39 is 0 Å². The molecule has 7 heteroatoms. The molecule has 0 radical (unpaired) electrons. The molecule has 0 saturated carbocycles. The minimum absolute atomic E-state index is 0.00270. The van der Waals surface area contributed by atoms with E-state index in [2.05, 4.69) is 13.8 Å². The molecule has 1 aliphatic rings. The maximum absolute atomic E-state index is 13.3. The zero-order valence-corrected chi connectivity index (χ0v) is 19.0. The summed E-state index contributed by atoms with van der Waals surface area (Å²) >= 11 is 0. The number of carbonyl (C=O) groups excluding carboxylic acids is 1. The lowest BCUT2D eigenvalue weighted by atomic mass is 9.97. The van der Waals surface area contributed by atoms with Gasteiger partial charge in [-0.25, -0.2) is 5.01 Å². The zero-order chi connectivity index (χ0) is 22.4. The third-order valence-corrected chi connectivity index (χ3v) is 5.78. The van der Waals surface area contributed by atoms with Crippen molar-refractivity contribution in [2.75, 3.05) is 41.0 Å². The van der Waals surface area contributed by atoms with Crippen molar-refractivity contribution in [3.05, 3.63) is 53.6 Å². The van der Waals surface area contributed by atoms with Crippen molar-refractivity contribution in [3.8, 4) is 17.2 Å². The van der Waals surface area contributed by atoms with Crippen molar-refractivity contribution in [1.82, 2.24) is 5.01 Å². The summed E-state index contributed by atoms with van der Waals surface area (Å²) in [6, 6.07) is 13.2. The van der Waals surface area contributed by atoms with E-state index in [9.17, 15) is 4.79 Å². The van der Waals surface area contributed by atoms with E-state index in [1.165, 1.54) is 4.90 Å². The molecule has 0 aromatic heterocycles. The zero-order valence-electron chi connectivity index (χ0n) is 19.0. The first-order valence-electron chi connectivity index (χ1n) is 10.6. The normalized spacial score (nSPS) is 15.7. The van der Waals surface area contributed by atoms with Gasteiger partial charge in [-0.1, -0.05) is 12.1 Å². The van der Waals surface area contributed by atoms with Gasteiger partial charge in [0.15, 0.2) is 18.0 Å². The average Bonchev–Trinajstić information content (AvgIpc) is 3.27. The van der Waals surface area contributed by atoms with Gasteiger partial charge >= 0.3 is 0 Å². The number of carbonyl (C=O) groups is 1. The Balaban J connectivity index is 1.99. The molecule has 3 rings (SSSR count). The highest BCUT2D eigenvalue weighted by Gasteiger charge is 2.36. The molecule has 1 heterocycles. The quantitative estimate of drug-likeness (QED) is 0.668. The lowest BCUT2D eigenvalue weighted by Crippen LogP contribution is -3.12. The molecule has 2 aromatic carbocycles. The van der Waals surface area contributed by atoms with Gasteiger partial charge < -0.3 is 19.1 Å². The van der Waals surface area contributed by atoms with E-state index in [-0.39, 0.29) is 11.9 Å². The van der Waals surface area contributed by atoms with Crippen LogP contribution in [-0.4, -0.2) is 57.6 Å². The SMILES string of the molecule is CC[NH+](CC)CC(=O)N1N=C(c2ccc(OC)cc2)C[C@@H]1c1cccc(OC)c1OC. The van der Waals surface area contributed by atoms with E-state index >= 15 is 0 Å². The maximum atomic E-state index is 13.3. The van der Waals surface area contributed by atoms with Crippen LogP contribution in [0.2, 0.25) is 0 Å². The molecule has 2 aromatic rings. The summed E-state index contributed by atoms with van der Waals surface area (Å²) in [7, 11) is 4.87. The molecule has 1 atom stereocenters. The first-order valence-corrected chi connectivity index (χ1v) is 10.6. The van der Waals surface area contributed by atoms with Crippen LogP contribution in [0, 0.1) is 0 Å². The minimum Gasteiger partial charge on any atom is -0.497 e. The number of amides is 1. The Labute approximate surface area is 184 Å². The summed E-state index contributed by atoms with van der Waals surface area (Å²) in [6.45, 7) is 6.35. The summed E-state index contributed by atoms with van der Waals surface area (Å²) in [4.78, 5) is 14.5. The Kier molecular flexibility index (Phi) is 7.52. The molecule has 31 heavy (non-hydrogen) atoms. The van der Waals surface area contributed by atoms with E-state index in [0.29, 0.717) is 24.5 Å². The molecule has 1 amide bonds. The van der Waals surface area contributed by atoms with E-state index in [1.54, 1.807) is 26.3 Å². The number of hydrazone groups is 1. The molecule has 0 spiro atoms. The van der Waals surface area contributed by atoms with Crippen molar-refractivity contribution < 1.29 is 23.9 Å². The maximum Gasteiger partial charge on any atom is 0.298 e. The molecule has 1 N–H and O–H groups in total. The van der Waals surface area contributed by atoms with Gasteiger partial charge in [-0.15, -0.1) is 0 Å². The van der Waals surface area contributed by atoms with Crippen molar-refractivity contribution in [2.24, 2.45) is 5.10 Å². The molecule has 0 unspecified atom stereocenters. The molecule has 1 aliphatic heterocycles. The molecule has 0 bridgehead atoms. The first-order chi connectivity index (χ1) is 15.1. The standard InChI is InChI=1S/C24H31N3O4/c1-6-26(7-2)16-23(28)27-21(19-9-8-10-22(30-4)24(19)31-5)15-20(25-27)17-11-13-18(29-3)14-12-17/h8-14,21H,6-7,15-16H2,1-5H3/p+1/t21-/m1/s1. The van der Waals surface area contributed by atoms with Crippen LogP contribution >= 0.6 is 0 Å². The van der Waals surface area contributed by atoms with Gasteiger partial charge in [0, 0.05) is 12.0 Å². The van der Waals surface area contributed by atoms with Crippen LogP contribution < -0.4 is 19.1 Å². The van der Waals surface area contributed by atoms with Crippen LogP contribution in [-0.2, 0) is 4.79 Å². The van der Waals surface area contributed by atoms with Gasteiger partial charge in [0.25, 0.3) is 5.91 Å². The van der Waals surface area contributed by atoms with Gasteiger partial charge in [0.2, 0.25) is 0 Å². The highest BCUT2D eigenvalue weighted by atomic mass is 16.5. The van der Waals surface area contributed by atoms with Crippen LogP contribution in [0.4, 0.5) is 0 Å². The number of ether oxygens (including phenoxy) is 3. The third kappa shape index (κ3) is 4.82. The molecular weight excluding hydrogens is 394 g/mol. The number of benzene rings is 2. The lowest BCUT2D eigenvalue weighted by Gasteiger charge is -2.25. The number of rotatable bonds is 9. The Hall–Kier alpha value is -3.06. The number of quaternary nitrogens is 1. The molecule has 0 saturated heterocycles. The smallest absolute Gasteiger partial charge is 0.298 e.